The molecule has 3 aromatic rings. The first-order valence-corrected chi connectivity index (χ1v) is 14.4. The largest absolute Gasteiger partial charge is 0.330 e. The second-order valence-corrected chi connectivity index (χ2v) is 12.2. The van der Waals surface area contributed by atoms with Crippen molar-refractivity contribution in [3.8, 4) is 0 Å². The molecule has 4 rings (SSSR count). The summed E-state index contributed by atoms with van der Waals surface area (Å²) in [6.07, 6.45) is 2.26. The van der Waals surface area contributed by atoms with Crippen molar-refractivity contribution in [1.82, 2.24) is 9.21 Å². The Balaban J connectivity index is 1.64. The zero-order valence-electron chi connectivity index (χ0n) is 19.4. The first-order valence-electron chi connectivity index (χ1n) is 11.2. The molecule has 9 heteroatoms. The molecule has 35 heavy (non-hydrogen) atoms. The molecule has 0 saturated carbocycles. The van der Waals surface area contributed by atoms with Crippen LogP contribution in [0.4, 0.5) is 0 Å². The molecule has 2 heterocycles. The predicted molar refractivity (Wildman–Crippen MR) is 144 cm³/mol. The maximum Gasteiger partial charge on any atom is 0.238 e. The highest BCUT2D eigenvalue weighted by Gasteiger charge is 2.36. The molecule has 1 aromatic heterocycles. The summed E-state index contributed by atoms with van der Waals surface area (Å²) in [6.45, 7) is 3.74. The van der Waals surface area contributed by atoms with E-state index in [-0.39, 0.29) is 12.5 Å². The number of fused-ring (bicyclic) bond motifs is 1. The van der Waals surface area contributed by atoms with Gasteiger partial charge in [-0.1, -0.05) is 59.6 Å². The lowest BCUT2D eigenvalue weighted by Crippen LogP contribution is -2.48. The Kier molecular flexibility index (Phi) is 8.03. The Morgan fingerprint density at radius 3 is 2.57 bits per heavy atom. The molecule has 184 valence electrons. The maximum absolute atomic E-state index is 13.7. The molecule has 1 aliphatic heterocycles. The maximum atomic E-state index is 13.7. The number of carbonyl (C=O) groups excluding carboxylic acids is 1. The average Bonchev–Trinajstić information content (AvgIpc) is 3.30. The number of halogens is 2. The molecule has 0 fully saturated rings. The standard InChI is InChI=1S/C26H26Cl2N2O3S2/c1-18(2)30(35(32,33)15-12-19-6-4-3-5-7-19)17-25(31)29-13-10-24-22(11-14-34-24)26(29)21-9-8-20(27)16-23(21)28/h3-9,11-12,14-16,18,26H,10,13,17H2,1-2H3. The van der Waals surface area contributed by atoms with E-state index in [1.807, 2.05) is 47.8 Å². The third-order valence-electron chi connectivity index (χ3n) is 5.97. The van der Waals surface area contributed by atoms with Crippen LogP contribution in [0, 0.1) is 0 Å². The minimum Gasteiger partial charge on any atom is -0.330 e. The lowest BCUT2D eigenvalue weighted by Gasteiger charge is -2.38. The van der Waals surface area contributed by atoms with Gasteiger partial charge in [0, 0.05) is 32.9 Å². The smallest absolute Gasteiger partial charge is 0.238 e. The quantitative estimate of drug-likeness (QED) is 0.351. The molecule has 0 bridgehead atoms. The summed E-state index contributed by atoms with van der Waals surface area (Å²) in [5, 5.41) is 4.16. The monoisotopic (exact) mass is 548 g/mol. The summed E-state index contributed by atoms with van der Waals surface area (Å²) in [5.41, 5.74) is 2.55. The van der Waals surface area contributed by atoms with Crippen LogP contribution in [0.3, 0.4) is 0 Å². The van der Waals surface area contributed by atoms with Gasteiger partial charge in [0.05, 0.1) is 12.6 Å². The van der Waals surface area contributed by atoms with Gasteiger partial charge < -0.3 is 4.90 Å². The molecular weight excluding hydrogens is 523 g/mol. The highest BCUT2D eigenvalue weighted by atomic mass is 35.5. The van der Waals surface area contributed by atoms with E-state index in [2.05, 4.69) is 0 Å². The minimum absolute atomic E-state index is 0.264. The number of nitrogens with zero attached hydrogens (tertiary/aromatic N) is 2. The van der Waals surface area contributed by atoms with Gasteiger partial charge in [-0.15, -0.1) is 11.3 Å². The van der Waals surface area contributed by atoms with Crippen molar-refractivity contribution in [2.24, 2.45) is 0 Å². The molecule has 0 radical (unpaired) electrons. The zero-order chi connectivity index (χ0) is 25.2. The lowest BCUT2D eigenvalue weighted by atomic mass is 9.93. The van der Waals surface area contributed by atoms with Gasteiger partial charge in [-0.3, -0.25) is 4.79 Å². The van der Waals surface area contributed by atoms with Gasteiger partial charge in [0.25, 0.3) is 0 Å². The van der Waals surface area contributed by atoms with E-state index in [1.165, 1.54) is 9.18 Å². The SMILES string of the molecule is CC(C)N(CC(=O)N1CCc2sccc2C1c1ccc(Cl)cc1Cl)S(=O)(=O)C=Cc1ccccc1. The Bertz CT molecular complexity index is 1340. The van der Waals surface area contributed by atoms with Crippen molar-refractivity contribution >= 4 is 56.5 Å². The first kappa shape index (κ1) is 25.9. The Morgan fingerprint density at radius 1 is 1.14 bits per heavy atom. The molecule has 0 saturated heterocycles. The second kappa shape index (κ2) is 10.8. The van der Waals surface area contributed by atoms with E-state index >= 15 is 0 Å². The van der Waals surface area contributed by atoms with E-state index in [0.29, 0.717) is 23.0 Å². The Hall–Kier alpha value is -2.16. The van der Waals surface area contributed by atoms with Gasteiger partial charge in [0.2, 0.25) is 15.9 Å². The number of rotatable bonds is 7. The number of thiophene rings is 1. The summed E-state index contributed by atoms with van der Waals surface area (Å²) in [6, 6.07) is 15.7. The number of amides is 1. The van der Waals surface area contributed by atoms with Crippen molar-refractivity contribution in [3.05, 3.63) is 97.0 Å². The zero-order valence-corrected chi connectivity index (χ0v) is 22.5. The van der Waals surface area contributed by atoms with Crippen molar-refractivity contribution < 1.29 is 13.2 Å². The van der Waals surface area contributed by atoms with Crippen LogP contribution < -0.4 is 0 Å². The summed E-state index contributed by atoms with van der Waals surface area (Å²) in [5.74, 6) is -0.275. The van der Waals surface area contributed by atoms with Crippen LogP contribution in [0.25, 0.3) is 6.08 Å². The van der Waals surface area contributed by atoms with E-state index in [4.69, 9.17) is 23.2 Å². The average molecular weight is 550 g/mol. The first-order chi connectivity index (χ1) is 16.7. The van der Waals surface area contributed by atoms with Crippen molar-refractivity contribution in [1.29, 1.82) is 0 Å². The molecule has 5 nitrogen and oxygen atoms in total. The van der Waals surface area contributed by atoms with Crippen LogP contribution in [0.5, 0.6) is 0 Å². The van der Waals surface area contributed by atoms with Crippen LogP contribution >= 0.6 is 34.5 Å². The van der Waals surface area contributed by atoms with E-state index < -0.39 is 22.1 Å². The van der Waals surface area contributed by atoms with E-state index in [9.17, 15) is 13.2 Å². The van der Waals surface area contributed by atoms with E-state index in [1.54, 1.807) is 48.3 Å². The highest BCUT2D eigenvalue weighted by Crippen LogP contribution is 2.41. The fraction of sp³-hybridized carbons (Fsp3) is 0.269. The van der Waals surface area contributed by atoms with Crippen LogP contribution in [-0.2, 0) is 21.2 Å². The molecule has 1 aliphatic rings. The van der Waals surface area contributed by atoms with Gasteiger partial charge in [0.1, 0.15) is 0 Å². The number of benzene rings is 2. The molecule has 0 spiro atoms. The lowest BCUT2D eigenvalue weighted by molar-refractivity contribution is -0.133. The predicted octanol–water partition coefficient (Wildman–Crippen LogP) is 6.24. The molecule has 1 atom stereocenters. The number of hydrogen-bond acceptors (Lipinski definition) is 4. The van der Waals surface area contributed by atoms with Crippen LogP contribution in [0.15, 0.2) is 65.4 Å². The molecule has 0 N–H and O–H groups in total. The summed E-state index contributed by atoms with van der Waals surface area (Å²) in [7, 11) is -3.84. The van der Waals surface area contributed by atoms with Gasteiger partial charge >= 0.3 is 0 Å². The number of carbonyl (C=O) groups is 1. The highest BCUT2D eigenvalue weighted by molar-refractivity contribution is 7.92. The fourth-order valence-corrected chi connectivity index (χ4v) is 7.02. The molecule has 1 unspecified atom stereocenters. The van der Waals surface area contributed by atoms with Gasteiger partial charge in [-0.05, 0) is 66.6 Å². The van der Waals surface area contributed by atoms with Crippen LogP contribution in [0.1, 0.15) is 41.5 Å². The van der Waals surface area contributed by atoms with Gasteiger partial charge in [-0.2, -0.15) is 4.31 Å². The van der Waals surface area contributed by atoms with Gasteiger partial charge in [-0.25, -0.2) is 8.42 Å². The second-order valence-electron chi connectivity index (χ2n) is 8.60. The Labute approximate surface area is 220 Å². The topological polar surface area (TPSA) is 57.7 Å². The van der Waals surface area contributed by atoms with Gasteiger partial charge in [0.15, 0.2) is 0 Å². The number of hydrogen-bond donors (Lipinski definition) is 0. The van der Waals surface area contributed by atoms with Crippen LogP contribution in [-0.4, -0.2) is 42.7 Å². The number of sulfonamides is 1. The van der Waals surface area contributed by atoms with Crippen molar-refractivity contribution in [3.63, 3.8) is 0 Å². The molecule has 1 amide bonds. The fourth-order valence-electron chi connectivity index (χ4n) is 4.24. The molecule has 0 aliphatic carbocycles. The third kappa shape index (κ3) is 5.81. The van der Waals surface area contributed by atoms with Crippen molar-refractivity contribution in [2.45, 2.75) is 32.4 Å². The summed E-state index contributed by atoms with van der Waals surface area (Å²) in [4.78, 5) is 16.6. The van der Waals surface area contributed by atoms with E-state index in [0.717, 1.165) is 22.1 Å². The van der Waals surface area contributed by atoms with Crippen LogP contribution in [0.2, 0.25) is 10.0 Å². The normalized spacial score (nSPS) is 16.3. The third-order valence-corrected chi connectivity index (χ3v) is 9.21. The minimum atomic E-state index is -3.84. The summed E-state index contributed by atoms with van der Waals surface area (Å²) < 4.78 is 27.6. The molecular formula is C26H26Cl2N2O3S2. The molecule has 2 aromatic carbocycles. The van der Waals surface area contributed by atoms with Crippen molar-refractivity contribution in [2.75, 3.05) is 13.1 Å². The Morgan fingerprint density at radius 2 is 1.89 bits per heavy atom. The summed E-state index contributed by atoms with van der Waals surface area (Å²) >= 11 is 14.3.